The highest BCUT2D eigenvalue weighted by Crippen LogP contribution is 2.34. The summed E-state index contributed by atoms with van der Waals surface area (Å²) in [6.07, 6.45) is 5.86. The van der Waals surface area contributed by atoms with E-state index in [0.29, 0.717) is 95.4 Å². The predicted octanol–water partition coefficient (Wildman–Crippen LogP) is 4.50. The van der Waals surface area contributed by atoms with Crippen LogP contribution < -0.4 is 10.1 Å². The average molecular weight is 766 g/mol. The van der Waals surface area contributed by atoms with Gasteiger partial charge in [-0.2, -0.15) is 0 Å². The monoisotopic (exact) mass is 765 g/mol. The van der Waals surface area contributed by atoms with Crippen LogP contribution in [-0.2, 0) is 45.1 Å². The molecule has 15 heteroatoms. The fourth-order valence-corrected chi connectivity index (χ4v) is 6.44. The number of hydrogen-bond donors (Lipinski definition) is 1. The number of halogens is 1. The number of amides is 3. The maximum Gasteiger partial charge on any atom is 0.249 e. The second-order valence-electron chi connectivity index (χ2n) is 12.9. The smallest absolute Gasteiger partial charge is 0.249 e. The van der Waals surface area contributed by atoms with Crippen LogP contribution in [0, 0.1) is 0 Å². The minimum absolute atomic E-state index is 0.200. The lowest BCUT2D eigenvalue weighted by Crippen LogP contribution is -2.53. The van der Waals surface area contributed by atoms with Gasteiger partial charge < -0.3 is 37.9 Å². The summed E-state index contributed by atoms with van der Waals surface area (Å²) in [5.74, 6) is -0.609. The van der Waals surface area contributed by atoms with Gasteiger partial charge in [-0.3, -0.25) is 24.7 Å². The van der Waals surface area contributed by atoms with Crippen molar-refractivity contribution in [2.75, 3.05) is 73.1 Å². The average Bonchev–Trinajstić information content (AvgIpc) is 3.45. The molecule has 1 saturated heterocycles. The quantitative estimate of drug-likeness (QED) is 0.0684. The Hall–Kier alpha value is -4.44. The second-order valence-corrected chi connectivity index (χ2v) is 13.3. The van der Waals surface area contributed by atoms with E-state index in [1.165, 1.54) is 4.90 Å². The normalized spacial score (nSPS) is 15.1. The number of carbonyl (C=O) groups is 3. The van der Waals surface area contributed by atoms with Crippen molar-refractivity contribution in [2.24, 2.45) is 7.05 Å². The third-order valence-electron chi connectivity index (χ3n) is 8.99. The van der Waals surface area contributed by atoms with Gasteiger partial charge in [-0.05, 0) is 31.0 Å². The Bertz CT molecular complexity index is 1900. The zero-order valence-corrected chi connectivity index (χ0v) is 31.8. The minimum Gasteiger partial charge on any atom is -0.475 e. The van der Waals surface area contributed by atoms with Gasteiger partial charge in [-0.1, -0.05) is 30.3 Å². The molecule has 0 saturated carbocycles. The van der Waals surface area contributed by atoms with E-state index in [1.54, 1.807) is 19.4 Å². The van der Waals surface area contributed by atoms with Crippen molar-refractivity contribution < 1.29 is 42.8 Å². The number of benzene rings is 1. The summed E-state index contributed by atoms with van der Waals surface area (Å²) in [5, 5.41) is 5.02. The van der Waals surface area contributed by atoms with Crippen LogP contribution >= 0.6 is 11.6 Å². The molecule has 4 heterocycles. The molecule has 3 amide bonds. The van der Waals surface area contributed by atoms with Crippen LogP contribution in [0.3, 0.4) is 0 Å². The van der Waals surface area contributed by atoms with Crippen molar-refractivity contribution in [3.8, 4) is 17.0 Å². The fourth-order valence-electron chi connectivity index (χ4n) is 6.15. The number of rotatable bonds is 22. The number of imide groups is 1. The first-order valence-corrected chi connectivity index (χ1v) is 18.3. The number of likely N-dealkylation sites (N-methyl/N-ethyl adjacent to an activating group) is 1. The summed E-state index contributed by atoms with van der Waals surface area (Å²) < 4.78 is 35.8. The van der Waals surface area contributed by atoms with Crippen molar-refractivity contribution in [2.45, 2.75) is 38.3 Å². The summed E-state index contributed by atoms with van der Waals surface area (Å²) in [4.78, 5) is 46.2. The zero-order chi connectivity index (χ0) is 38.5. The van der Waals surface area contributed by atoms with E-state index in [0.717, 1.165) is 32.9 Å². The standard InChI is InChI=1S/C39H48ClN5O9/c1-26(39(48)45(4)33-8-9-35(46)43-38(33)47)21-27(2)53-19-17-51-15-13-49-11-12-50-14-16-52-18-20-54-36-10-6-29(23-42-36)28-5-7-30-31-24-41-25-32(40)37(31)44(3)34(30)22-28/h5-7,10,22-25,27,33H,1,8-9,11-21H2,2-4H3,(H,43,46,47). The molecule has 1 aromatic carbocycles. The minimum atomic E-state index is -0.684. The van der Waals surface area contributed by atoms with Gasteiger partial charge in [0.1, 0.15) is 12.6 Å². The highest BCUT2D eigenvalue weighted by Gasteiger charge is 2.33. The maximum absolute atomic E-state index is 12.7. The van der Waals surface area contributed by atoms with Gasteiger partial charge in [-0.25, -0.2) is 4.98 Å². The molecule has 1 aliphatic rings. The molecule has 1 aliphatic heterocycles. The van der Waals surface area contributed by atoms with Gasteiger partial charge in [-0.15, -0.1) is 0 Å². The zero-order valence-electron chi connectivity index (χ0n) is 31.0. The summed E-state index contributed by atoms with van der Waals surface area (Å²) in [6, 6.07) is 9.44. The molecule has 3 aromatic heterocycles. The van der Waals surface area contributed by atoms with Gasteiger partial charge in [0.15, 0.2) is 0 Å². The Kier molecular flexibility index (Phi) is 15.3. The van der Waals surface area contributed by atoms with Crippen LogP contribution in [0.1, 0.15) is 26.2 Å². The lowest BCUT2D eigenvalue weighted by Gasteiger charge is -2.30. The van der Waals surface area contributed by atoms with Crippen LogP contribution in [0.25, 0.3) is 32.9 Å². The van der Waals surface area contributed by atoms with E-state index < -0.39 is 11.9 Å². The number of fused-ring (bicyclic) bond motifs is 3. The highest BCUT2D eigenvalue weighted by molar-refractivity contribution is 6.36. The summed E-state index contributed by atoms with van der Waals surface area (Å²) >= 11 is 6.42. The third kappa shape index (κ3) is 11.1. The molecule has 290 valence electrons. The number of piperidine rings is 1. The van der Waals surface area contributed by atoms with Crippen molar-refractivity contribution in [3.63, 3.8) is 0 Å². The van der Waals surface area contributed by atoms with E-state index in [-0.39, 0.29) is 24.3 Å². The molecule has 0 radical (unpaired) electrons. The van der Waals surface area contributed by atoms with E-state index in [2.05, 4.69) is 44.6 Å². The van der Waals surface area contributed by atoms with Crippen LogP contribution in [-0.4, -0.2) is 122 Å². The lowest BCUT2D eigenvalue weighted by molar-refractivity contribution is -0.142. The molecule has 14 nitrogen and oxygen atoms in total. The Morgan fingerprint density at radius 3 is 2.22 bits per heavy atom. The second kappa shape index (κ2) is 20.3. The first kappa shape index (κ1) is 40.7. The van der Waals surface area contributed by atoms with Gasteiger partial charge in [0, 0.05) is 79.0 Å². The molecule has 0 bridgehead atoms. The Labute approximate surface area is 319 Å². The van der Waals surface area contributed by atoms with Crippen LogP contribution in [0.15, 0.2) is 61.1 Å². The van der Waals surface area contributed by atoms with Crippen molar-refractivity contribution in [3.05, 3.63) is 66.1 Å². The summed E-state index contributed by atoms with van der Waals surface area (Å²) in [5.41, 5.74) is 4.39. The molecule has 0 spiro atoms. The van der Waals surface area contributed by atoms with E-state index >= 15 is 0 Å². The first-order valence-electron chi connectivity index (χ1n) is 18.0. The topological polar surface area (TPSA) is 153 Å². The number of carbonyl (C=O) groups excluding carboxylic acids is 3. The molecule has 0 aliphatic carbocycles. The molecule has 54 heavy (non-hydrogen) atoms. The predicted molar refractivity (Wildman–Crippen MR) is 203 cm³/mol. The molecule has 4 aromatic rings. The molecule has 2 atom stereocenters. The molecular formula is C39H48ClN5O9. The maximum atomic E-state index is 12.7. The number of ether oxygens (including phenoxy) is 6. The van der Waals surface area contributed by atoms with Crippen molar-refractivity contribution in [1.29, 1.82) is 0 Å². The molecule has 2 unspecified atom stereocenters. The van der Waals surface area contributed by atoms with Crippen molar-refractivity contribution >= 4 is 51.1 Å². The van der Waals surface area contributed by atoms with Gasteiger partial charge in [0.05, 0.1) is 76.1 Å². The summed E-state index contributed by atoms with van der Waals surface area (Å²) in [6.45, 7) is 9.80. The number of nitrogens with zero attached hydrogens (tertiary/aromatic N) is 4. The van der Waals surface area contributed by atoms with Crippen LogP contribution in [0.5, 0.6) is 5.88 Å². The summed E-state index contributed by atoms with van der Waals surface area (Å²) in [7, 11) is 3.55. The van der Waals surface area contributed by atoms with Gasteiger partial charge in [0.25, 0.3) is 0 Å². The van der Waals surface area contributed by atoms with E-state index in [9.17, 15) is 14.4 Å². The third-order valence-corrected chi connectivity index (χ3v) is 9.26. The highest BCUT2D eigenvalue weighted by atomic mass is 35.5. The molecule has 1 fully saturated rings. The Morgan fingerprint density at radius 1 is 0.926 bits per heavy atom. The van der Waals surface area contributed by atoms with Gasteiger partial charge in [0.2, 0.25) is 23.6 Å². The number of aryl methyl sites for hydroxylation is 1. The molecular weight excluding hydrogens is 718 g/mol. The van der Waals surface area contributed by atoms with Crippen LogP contribution in [0.4, 0.5) is 0 Å². The number of pyridine rings is 2. The Morgan fingerprint density at radius 2 is 1.57 bits per heavy atom. The van der Waals surface area contributed by atoms with E-state index in [1.807, 2.05) is 32.3 Å². The van der Waals surface area contributed by atoms with Crippen LogP contribution in [0.2, 0.25) is 5.02 Å². The molecule has 1 N–H and O–H groups in total. The lowest BCUT2D eigenvalue weighted by atomic mass is 10.0. The van der Waals surface area contributed by atoms with Gasteiger partial charge >= 0.3 is 0 Å². The number of hydrogen-bond acceptors (Lipinski definition) is 11. The fraction of sp³-hybridized carbons (Fsp3) is 0.462. The van der Waals surface area contributed by atoms with Crippen molar-refractivity contribution in [1.82, 2.24) is 24.8 Å². The largest absolute Gasteiger partial charge is 0.475 e. The number of nitrogens with one attached hydrogen (secondary N) is 1. The SMILES string of the molecule is C=C(CC(C)OCCOCCOCCOCCOCCOc1ccc(-c2ccc3c4cncc(Cl)c4n(C)c3c2)cn1)C(=O)N(C)C1CCC(=O)NC1=O. The molecule has 5 rings (SSSR count). The number of aromatic nitrogens is 3. The Balaban J connectivity index is 0.832. The first-order chi connectivity index (χ1) is 26.1. The van der Waals surface area contributed by atoms with E-state index in [4.69, 9.17) is 40.0 Å².